The highest BCUT2D eigenvalue weighted by molar-refractivity contribution is 6.30. The number of imidazole rings is 1. The number of likely N-dealkylation sites (tertiary alicyclic amines) is 1. The second kappa shape index (κ2) is 7.43. The predicted molar refractivity (Wildman–Crippen MR) is 103 cm³/mol. The quantitative estimate of drug-likeness (QED) is 0.804. The van der Waals surface area contributed by atoms with E-state index in [-0.39, 0.29) is 5.41 Å². The predicted octanol–water partition coefficient (Wildman–Crippen LogP) is 4.29. The van der Waals surface area contributed by atoms with E-state index in [9.17, 15) is 4.79 Å². The van der Waals surface area contributed by atoms with Crippen LogP contribution in [0.15, 0.2) is 43.0 Å². The molecule has 1 amide bonds. The van der Waals surface area contributed by atoms with E-state index in [1.54, 1.807) is 0 Å². The van der Waals surface area contributed by atoms with Crippen LogP contribution in [0.4, 0.5) is 0 Å². The molecule has 1 saturated carbocycles. The first kappa shape index (κ1) is 17.6. The Bertz CT molecular complexity index is 727. The Hall–Kier alpha value is -1.81. The SMILES string of the molecule is O=C(N1CCC(Cn2ccnc2)CC1)C1(c2ccc(Cl)cc2)CCCC1. The molecule has 2 heterocycles. The maximum Gasteiger partial charge on any atom is 0.233 e. The Balaban J connectivity index is 1.45. The lowest BCUT2D eigenvalue weighted by Gasteiger charge is -2.39. The van der Waals surface area contributed by atoms with Crippen molar-refractivity contribution in [3.63, 3.8) is 0 Å². The molecule has 0 bridgehead atoms. The van der Waals surface area contributed by atoms with Crippen LogP contribution in [0.25, 0.3) is 0 Å². The van der Waals surface area contributed by atoms with E-state index < -0.39 is 0 Å². The van der Waals surface area contributed by atoms with Crippen LogP contribution >= 0.6 is 11.6 Å². The average molecular weight is 372 g/mol. The summed E-state index contributed by atoms with van der Waals surface area (Å²) in [6.45, 7) is 2.74. The minimum atomic E-state index is -0.332. The molecule has 0 spiro atoms. The summed E-state index contributed by atoms with van der Waals surface area (Å²) >= 11 is 6.06. The van der Waals surface area contributed by atoms with Crippen LogP contribution in [-0.4, -0.2) is 33.4 Å². The number of hydrogen-bond acceptors (Lipinski definition) is 2. The number of rotatable bonds is 4. The van der Waals surface area contributed by atoms with Gasteiger partial charge in [-0.1, -0.05) is 36.6 Å². The Kier molecular flexibility index (Phi) is 5.03. The van der Waals surface area contributed by atoms with Crippen LogP contribution in [-0.2, 0) is 16.8 Å². The van der Waals surface area contributed by atoms with Gasteiger partial charge in [-0.15, -0.1) is 0 Å². The third-order valence-corrected chi connectivity index (χ3v) is 6.45. The van der Waals surface area contributed by atoms with Gasteiger partial charge in [-0.25, -0.2) is 4.98 Å². The van der Waals surface area contributed by atoms with Crippen molar-refractivity contribution < 1.29 is 4.79 Å². The summed E-state index contributed by atoms with van der Waals surface area (Å²) in [4.78, 5) is 19.7. The Labute approximate surface area is 160 Å². The number of hydrogen-bond donors (Lipinski definition) is 0. The van der Waals surface area contributed by atoms with E-state index in [4.69, 9.17) is 11.6 Å². The standard InChI is InChI=1S/C21H26ClN3O/c22-19-5-3-18(4-6-19)21(9-1-2-10-21)20(26)25-12-7-17(8-13-25)15-24-14-11-23-16-24/h3-6,11,14,16-17H,1-2,7-10,12-13,15H2. The van der Waals surface area contributed by atoms with E-state index in [1.807, 2.05) is 30.9 Å². The summed E-state index contributed by atoms with van der Waals surface area (Å²) in [6, 6.07) is 7.94. The van der Waals surface area contributed by atoms with Crippen molar-refractivity contribution in [3.8, 4) is 0 Å². The third-order valence-electron chi connectivity index (χ3n) is 6.19. The fraction of sp³-hybridized carbons (Fsp3) is 0.524. The van der Waals surface area contributed by atoms with E-state index >= 15 is 0 Å². The van der Waals surface area contributed by atoms with E-state index in [1.165, 1.54) is 0 Å². The van der Waals surface area contributed by atoms with Crippen molar-refractivity contribution >= 4 is 17.5 Å². The maximum absolute atomic E-state index is 13.5. The highest BCUT2D eigenvalue weighted by Gasteiger charge is 2.45. The number of halogens is 1. The normalized spacial score (nSPS) is 20.4. The van der Waals surface area contributed by atoms with Crippen LogP contribution in [0, 0.1) is 5.92 Å². The van der Waals surface area contributed by atoms with Gasteiger partial charge >= 0.3 is 0 Å². The molecule has 1 aromatic heterocycles. The van der Waals surface area contributed by atoms with Gasteiger partial charge in [0.05, 0.1) is 11.7 Å². The second-order valence-corrected chi connectivity index (χ2v) is 8.23. The zero-order valence-corrected chi connectivity index (χ0v) is 15.9. The summed E-state index contributed by atoms with van der Waals surface area (Å²) in [5.74, 6) is 0.960. The number of aromatic nitrogens is 2. The number of amides is 1. The topological polar surface area (TPSA) is 38.1 Å². The van der Waals surface area contributed by atoms with Crippen molar-refractivity contribution in [1.82, 2.24) is 14.5 Å². The minimum absolute atomic E-state index is 0.332. The molecule has 0 atom stereocenters. The lowest BCUT2D eigenvalue weighted by Crippen LogP contribution is -2.48. The van der Waals surface area contributed by atoms with Crippen molar-refractivity contribution in [2.75, 3.05) is 13.1 Å². The summed E-state index contributed by atoms with van der Waals surface area (Å²) in [5, 5.41) is 0.731. The van der Waals surface area contributed by atoms with Crippen molar-refractivity contribution in [2.45, 2.75) is 50.5 Å². The third kappa shape index (κ3) is 3.39. The van der Waals surface area contributed by atoms with Crippen LogP contribution in [0.5, 0.6) is 0 Å². The molecule has 4 nitrogen and oxygen atoms in total. The molecule has 0 unspecified atom stereocenters. The molecule has 4 rings (SSSR count). The van der Waals surface area contributed by atoms with Crippen LogP contribution in [0.1, 0.15) is 44.1 Å². The molecule has 1 aromatic carbocycles. The fourth-order valence-corrected chi connectivity index (χ4v) is 4.81. The maximum atomic E-state index is 13.5. The molecule has 0 N–H and O–H groups in total. The molecule has 2 fully saturated rings. The summed E-state index contributed by atoms with van der Waals surface area (Å²) in [5.41, 5.74) is 0.812. The summed E-state index contributed by atoms with van der Waals surface area (Å²) < 4.78 is 2.15. The molecule has 0 radical (unpaired) electrons. The van der Waals surface area contributed by atoms with E-state index in [2.05, 4.69) is 26.6 Å². The smallest absolute Gasteiger partial charge is 0.233 e. The van der Waals surface area contributed by atoms with Gasteiger partial charge in [-0.2, -0.15) is 0 Å². The first-order chi connectivity index (χ1) is 12.7. The van der Waals surface area contributed by atoms with Crippen LogP contribution in [0.3, 0.4) is 0 Å². The molecule has 2 aromatic rings. The largest absolute Gasteiger partial charge is 0.342 e. The number of carbonyl (C=O) groups excluding carboxylic acids is 1. The molecular weight excluding hydrogens is 346 g/mol. The van der Waals surface area contributed by atoms with Gasteiger partial charge in [0, 0.05) is 37.1 Å². The fourth-order valence-electron chi connectivity index (χ4n) is 4.69. The molecule has 1 aliphatic heterocycles. The van der Waals surface area contributed by atoms with Crippen LogP contribution in [0.2, 0.25) is 5.02 Å². The molecular formula is C21H26ClN3O. The Morgan fingerprint density at radius 3 is 2.46 bits per heavy atom. The van der Waals surface area contributed by atoms with Crippen molar-refractivity contribution in [3.05, 3.63) is 53.6 Å². The van der Waals surface area contributed by atoms with E-state index in [0.717, 1.165) is 68.7 Å². The molecule has 138 valence electrons. The van der Waals surface area contributed by atoms with Crippen molar-refractivity contribution in [2.24, 2.45) is 5.92 Å². The molecule has 2 aliphatic rings. The Morgan fingerprint density at radius 2 is 1.85 bits per heavy atom. The number of nitrogens with zero attached hydrogens (tertiary/aromatic N) is 3. The Morgan fingerprint density at radius 1 is 1.15 bits per heavy atom. The molecule has 26 heavy (non-hydrogen) atoms. The average Bonchev–Trinajstić information content (AvgIpc) is 3.35. The first-order valence-corrected chi connectivity index (χ1v) is 10.1. The van der Waals surface area contributed by atoms with Gasteiger partial charge in [0.1, 0.15) is 0 Å². The van der Waals surface area contributed by atoms with Gasteiger partial charge < -0.3 is 9.47 Å². The van der Waals surface area contributed by atoms with Gasteiger partial charge in [0.15, 0.2) is 0 Å². The van der Waals surface area contributed by atoms with E-state index in [0.29, 0.717) is 11.8 Å². The monoisotopic (exact) mass is 371 g/mol. The number of benzene rings is 1. The first-order valence-electron chi connectivity index (χ1n) is 9.68. The highest BCUT2D eigenvalue weighted by atomic mass is 35.5. The summed E-state index contributed by atoms with van der Waals surface area (Å²) in [7, 11) is 0. The molecule has 5 heteroatoms. The van der Waals surface area contributed by atoms with Gasteiger partial charge in [-0.3, -0.25) is 4.79 Å². The van der Waals surface area contributed by atoms with Gasteiger partial charge in [-0.05, 0) is 49.3 Å². The highest BCUT2D eigenvalue weighted by Crippen LogP contribution is 2.43. The lowest BCUT2D eigenvalue weighted by atomic mass is 9.77. The number of carbonyl (C=O) groups is 1. The van der Waals surface area contributed by atoms with Gasteiger partial charge in [0.2, 0.25) is 5.91 Å². The summed E-state index contributed by atoms with van der Waals surface area (Å²) in [6.07, 6.45) is 12.1. The zero-order chi connectivity index (χ0) is 18.0. The van der Waals surface area contributed by atoms with Gasteiger partial charge in [0.25, 0.3) is 0 Å². The molecule has 1 saturated heterocycles. The minimum Gasteiger partial charge on any atom is -0.342 e. The van der Waals surface area contributed by atoms with Crippen LogP contribution < -0.4 is 0 Å². The van der Waals surface area contributed by atoms with Crippen molar-refractivity contribution in [1.29, 1.82) is 0 Å². The second-order valence-electron chi connectivity index (χ2n) is 7.79. The lowest BCUT2D eigenvalue weighted by molar-refractivity contribution is -0.138. The number of piperidine rings is 1. The molecule has 1 aliphatic carbocycles. The zero-order valence-electron chi connectivity index (χ0n) is 15.1.